The van der Waals surface area contributed by atoms with Gasteiger partial charge in [-0.3, -0.25) is 30.3 Å². The van der Waals surface area contributed by atoms with Crippen LogP contribution in [0.25, 0.3) is 10.8 Å². The average molecular weight is 291 g/mol. The third-order valence-corrected chi connectivity index (χ3v) is 3.16. The maximum absolute atomic E-state index is 11.2. The normalized spacial score (nSPS) is 10.5. The quantitative estimate of drug-likeness (QED) is 0.628. The highest BCUT2D eigenvalue weighted by atomic mass is 16.6. The molecule has 0 aliphatic heterocycles. The lowest BCUT2D eigenvalue weighted by molar-refractivity contribution is -0.422. The fourth-order valence-electron chi connectivity index (χ4n) is 2.25. The smallest absolute Gasteiger partial charge is 0.258 e. The Morgan fingerprint density at radius 1 is 0.857 bits per heavy atom. The molecular formula is C12H9N3O6. The van der Waals surface area contributed by atoms with Crippen LogP contribution in [0.1, 0.15) is 12.5 Å². The van der Waals surface area contributed by atoms with Crippen molar-refractivity contribution >= 4 is 27.8 Å². The molecule has 2 aromatic carbocycles. The van der Waals surface area contributed by atoms with Gasteiger partial charge in [-0.2, -0.15) is 0 Å². The monoisotopic (exact) mass is 291 g/mol. The largest absolute Gasteiger partial charge is 0.360 e. The van der Waals surface area contributed by atoms with Gasteiger partial charge in [0.15, 0.2) is 0 Å². The SMILES string of the molecule is CCc1ccc([N+](=O)[O-])c2c([N+](=O)[O-])c([N+](=O)[O-])ccc12. The number of nitrogens with zero attached hydrogens (tertiary/aromatic N) is 3. The predicted molar refractivity (Wildman–Crippen MR) is 73.3 cm³/mol. The van der Waals surface area contributed by atoms with Gasteiger partial charge in [-0.05, 0) is 23.4 Å². The summed E-state index contributed by atoms with van der Waals surface area (Å²) in [5.74, 6) is 0. The van der Waals surface area contributed by atoms with Crippen LogP contribution in [0.5, 0.6) is 0 Å². The summed E-state index contributed by atoms with van der Waals surface area (Å²) in [4.78, 5) is 30.6. The molecule has 0 unspecified atom stereocenters. The Balaban J connectivity index is 3.08. The highest BCUT2D eigenvalue weighted by Crippen LogP contribution is 2.41. The van der Waals surface area contributed by atoms with Crippen molar-refractivity contribution in [2.24, 2.45) is 0 Å². The molecule has 2 aromatic rings. The third kappa shape index (κ3) is 2.24. The van der Waals surface area contributed by atoms with Gasteiger partial charge in [-0.15, -0.1) is 0 Å². The number of aryl methyl sites for hydroxylation is 1. The van der Waals surface area contributed by atoms with Gasteiger partial charge in [0.2, 0.25) is 0 Å². The van der Waals surface area contributed by atoms with E-state index in [-0.39, 0.29) is 10.8 Å². The molecule has 0 saturated heterocycles. The van der Waals surface area contributed by atoms with Crippen LogP contribution in [0.4, 0.5) is 17.1 Å². The number of non-ortho nitro benzene ring substituents is 1. The Morgan fingerprint density at radius 3 is 1.90 bits per heavy atom. The van der Waals surface area contributed by atoms with Gasteiger partial charge < -0.3 is 0 Å². The topological polar surface area (TPSA) is 129 Å². The van der Waals surface area contributed by atoms with E-state index in [0.717, 1.165) is 12.1 Å². The van der Waals surface area contributed by atoms with Crippen molar-refractivity contribution in [3.8, 4) is 0 Å². The number of fused-ring (bicyclic) bond motifs is 1. The summed E-state index contributed by atoms with van der Waals surface area (Å²) >= 11 is 0. The van der Waals surface area contributed by atoms with Gasteiger partial charge >= 0.3 is 11.4 Å². The Hall–Kier alpha value is -3.10. The second kappa shape index (κ2) is 5.12. The summed E-state index contributed by atoms with van der Waals surface area (Å²) in [5, 5.41) is 33.2. The molecule has 0 aromatic heterocycles. The standard InChI is InChI=1S/C12H9N3O6/c1-2-7-3-5-9(13(16)17)11-8(7)4-6-10(14(18)19)12(11)15(20)21/h3-6H,2H2,1H3. The summed E-state index contributed by atoms with van der Waals surface area (Å²) in [6, 6.07) is 4.95. The molecule has 21 heavy (non-hydrogen) atoms. The number of nitro groups is 3. The molecule has 9 nitrogen and oxygen atoms in total. The lowest BCUT2D eigenvalue weighted by Gasteiger charge is -2.06. The first-order valence-corrected chi connectivity index (χ1v) is 5.90. The van der Waals surface area contributed by atoms with Crippen LogP contribution in [-0.4, -0.2) is 14.8 Å². The Morgan fingerprint density at radius 2 is 1.43 bits per heavy atom. The van der Waals surface area contributed by atoms with E-state index in [0.29, 0.717) is 12.0 Å². The minimum Gasteiger partial charge on any atom is -0.258 e. The number of rotatable bonds is 4. The van der Waals surface area contributed by atoms with Crippen molar-refractivity contribution in [3.05, 3.63) is 60.2 Å². The maximum atomic E-state index is 11.2. The number of benzene rings is 2. The third-order valence-electron chi connectivity index (χ3n) is 3.16. The molecule has 0 aliphatic rings. The van der Waals surface area contributed by atoms with E-state index in [1.807, 2.05) is 0 Å². The molecule has 0 N–H and O–H groups in total. The van der Waals surface area contributed by atoms with Crippen LogP contribution in [0.15, 0.2) is 24.3 Å². The van der Waals surface area contributed by atoms with Crippen molar-refractivity contribution in [1.29, 1.82) is 0 Å². The van der Waals surface area contributed by atoms with Crippen LogP contribution in [0.2, 0.25) is 0 Å². The van der Waals surface area contributed by atoms with E-state index in [1.54, 1.807) is 6.92 Å². The van der Waals surface area contributed by atoms with Crippen molar-refractivity contribution in [2.75, 3.05) is 0 Å². The van der Waals surface area contributed by atoms with E-state index >= 15 is 0 Å². The fourth-order valence-corrected chi connectivity index (χ4v) is 2.25. The van der Waals surface area contributed by atoms with E-state index in [4.69, 9.17) is 0 Å². The minimum atomic E-state index is -0.951. The van der Waals surface area contributed by atoms with Crippen LogP contribution >= 0.6 is 0 Å². The van der Waals surface area contributed by atoms with Crippen molar-refractivity contribution in [1.82, 2.24) is 0 Å². The summed E-state index contributed by atoms with van der Waals surface area (Å²) in [5.41, 5.74) is -1.48. The zero-order chi connectivity index (χ0) is 15.7. The zero-order valence-corrected chi connectivity index (χ0v) is 10.8. The molecule has 0 spiro atoms. The molecule has 0 heterocycles. The fraction of sp³-hybridized carbons (Fsp3) is 0.167. The van der Waals surface area contributed by atoms with Gasteiger partial charge in [-0.1, -0.05) is 13.0 Å². The Bertz CT molecular complexity index is 786. The van der Waals surface area contributed by atoms with Crippen LogP contribution in [0, 0.1) is 30.3 Å². The van der Waals surface area contributed by atoms with Crippen LogP contribution in [-0.2, 0) is 6.42 Å². The van der Waals surface area contributed by atoms with Gasteiger partial charge in [0, 0.05) is 12.1 Å². The first-order valence-electron chi connectivity index (χ1n) is 5.90. The second-order valence-corrected chi connectivity index (χ2v) is 4.22. The van der Waals surface area contributed by atoms with E-state index in [9.17, 15) is 30.3 Å². The molecule has 0 radical (unpaired) electrons. The zero-order valence-electron chi connectivity index (χ0n) is 10.8. The number of nitro benzene ring substituents is 3. The molecule has 0 fully saturated rings. The Labute approximate surface area is 117 Å². The van der Waals surface area contributed by atoms with Gasteiger partial charge in [0.05, 0.1) is 14.8 Å². The van der Waals surface area contributed by atoms with E-state index in [1.165, 1.54) is 12.1 Å². The molecule has 0 saturated carbocycles. The molecule has 0 amide bonds. The summed E-state index contributed by atoms with van der Waals surface area (Å²) in [6.07, 6.45) is 0.490. The van der Waals surface area contributed by atoms with E-state index in [2.05, 4.69) is 0 Å². The Kier molecular flexibility index (Phi) is 3.49. The highest BCUT2D eigenvalue weighted by molar-refractivity contribution is 6.03. The minimum absolute atomic E-state index is 0.281. The molecule has 9 heteroatoms. The van der Waals surface area contributed by atoms with E-state index < -0.39 is 31.8 Å². The van der Waals surface area contributed by atoms with Gasteiger partial charge in [0.25, 0.3) is 5.69 Å². The summed E-state index contributed by atoms with van der Waals surface area (Å²) in [7, 11) is 0. The van der Waals surface area contributed by atoms with Crippen molar-refractivity contribution < 1.29 is 14.8 Å². The van der Waals surface area contributed by atoms with Crippen molar-refractivity contribution in [2.45, 2.75) is 13.3 Å². The van der Waals surface area contributed by atoms with Crippen molar-refractivity contribution in [3.63, 3.8) is 0 Å². The summed E-state index contributed by atoms with van der Waals surface area (Å²) < 4.78 is 0. The van der Waals surface area contributed by atoms with Crippen LogP contribution in [0.3, 0.4) is 0 Å². The molecule has 0 aliphatic carbocycles. The predicted octanol–water partition coefficient (Wildman–Crippen LogP) is 3.13. The maximum Gasteiger partial charge on any atom is 0.360 e. The number of hydrogen-bond donors (Lipinski definition) is 0. The lowest BCUT2D eigenvalue weighted by Crippen LogP contribution is -2.01. The lowest BCUT2D eigenvalue weighted by atomic mass is 9.99. The molecule has 0 bridgehead atoms. The summed E-state index contributed by atoms with van der Waals surface area (Å²) in [6.45, 7) is 1.79. The van der Waals surface area contributed by atoms with Gasteiger partial charge in [0.1, 0.15) is 5.39 Å². The highest BCUT2D eigenvalue weighted by Gasteiger charge is 2.33. The average Bonchev–Trinajstić information content (AvgIpc) is 2.43. The molecule has 0 atom stereocenters. The first kappa shape index (κ1) is 14.3. The molecule has 108 valence electrons. The van der Waals surface area contributed by atoms with Crippen LogP contribution < -0.4 is 0 Å². The first-order chi connectivity index (χ1) is 9.88. The van der Waals surface area contributed by atoms with Gasteiger partial charge in [-0.25, -0.2) is 0 Å². The molecular weight excluding hydrogens is 282 g/mol. The second-order valence-electron chi connectivity index (χ2n) is 4.22. The molecule has 2 rings (SSSR count). The number of hydrogen-bond acceptors (Lipinski definition) is 6.